The molecule has 0 radical (unpaired) electrons. The number of hydrogen-bond acceptors (Lipinski definition) is 5. The molecular weight excluding hydrogens is 248 g/mol. The first-order chi connectivity index (χ1) is 9.24. The van der Waals surface area contributed by atoms with E-state index in [1.54, 1.807) is 7.11 Å². The normalized spacial score (nSPS) is 11.5. The van der Waals surface area contributed by atoms with Crippen LogP contribution >= 0.6 is 0 Å². The SMILES string of the molecule is COC(C#CCOC(=O)CCCCCO)CCCO. The van der Waals surface area contributed by atoms with Gasteiger partial charge in [-0.3, -0.25) is 4.79 Å². The summed E-state index contributed by atoms with van der Waals surface area (Å²) >= 11 is 0. The smallest absolute Gasteiger partial charge is 0.306 e. The minimum Gasteiger partial charge on any atom is -0.452 e. The number of hydrogen-bond donors (Lipinski definition) is 2. The van der Waals surface area contributed by atoms with Crippen molar-refractivity contribution in [3.8, 4) is 11.8 Å². The summed E-state index contributed by atoms with van der Waals surface area (Å²) in [5.74, 6) is 5.31. The molecule has 1 atom stereocenters. The number of methoxy groups -OCH3 is 1. The van der Waals surface area contributed by atoms with Crippen molar-refractivity contribution in [2.24, 2.45) is 0 Å². The standard InChI is InChI=1S/C14H24O5/c1-18-13(7-5-11-16)8-6-12-19-14(17)9-3-2-4-10-15/h13,15-16H,2-5,7,9-12H2,1H3. The topological polar surface area (TPSA) is 76.0 Å². The fourth-order valence-electron chi connectivity index (χ4n) is 1.43. The third-order valence-corrected chi connectivity index (χ3v) is 2.52. The molecule has 0 amide bonds. The third-order valence-electron chi connectivity index (χ3n) is 2.52. The quantitative estimate of drug-likeness (QED) is 0.351. The molecule has 0 saturated carbocycles. The molecule has 0 aromatic carbocycles. The van der Waals surface area contributed by atoms with Crippen molar-refractivity contribution in [1.29, 1.82) is 0 Å². The summed E-state index contributed by atoms with van der Waals surface area (Å²) in [5.41, 5.74) is 0. The maximum absolute atomic E-state index is 11.3. The highest BCUT2D eigenvalue weighted by molar-refractivity contribution is 5.69. The first-order valence-electron chi connectivity index (χ1n) is 6.63. The van der Waals surface area contributed by atoms with Crippen molar-refractivity contribution in [3.63, 3.8) is 0 Å². The Bertz CT molecular complexity index is 279. The molecule has 0 saturated heterocycles. The van der Waals surface area contributed by atoms with Crippen LogP contribution in [0, 0.1) is 11.8 Å². The molecule has 19 heavy (non-hydrogen) atoms. The Morgan fingerprint density at radius 1 is 1.16 bits per heavy atom. The average Bonchev–Trinajstić information content (AvgIpc) is 2.43. The molecule has 0 spiro atoms. The van der Waals surface area contributed by atoms with Gasteiger partial charge in [-0.25, -0.2) is 0 Å². The van der Waals surface area contributed by atoms with Crippen LogP contribution < -0.4 is 0 Å². The average molecular weight is 272 g/mol. The van der Waals surface area contributed by atoms with Gasteiger partial charge in [0.15, 0.2) is 6.61 Å². The molecule has 0 fully saturated rings. The van der Waals surface area contributed by atoms with Gasteiger partial charge in [0, 0.05) is 26.7 Å². The van der Waals surface area contributed by atoms with Crippen molar-refractivity contribution in [2.45, 2.75) is 44.6 Å². The van der Waals surface area contributed by atoms with E-state index in [0.29, 0.717) is 25.7 Å². The molecular formula is C14H24O5. The highest BCUT2D eigenvalue weighted by atomic mass is 16.5. The van der Waals surface area contributed by atoms with E-state index in [1.807, 2.05) is 0 Å². The van der Waals surface area contributed by atoms with Crippen LogP contribution in [0.4, 0.5) is 0 Å². The van der Waals surface area contributed by atoms with E-state index in [9.17, 15) is 4.79 Å². The van der Waals surface area contributed by atoms with E-state index in [0.717, 1.165) is 12.8 Å². The Morgan fingerprint density at radius 2 is 1.89 bits per heavy atom. The predicted octanol–water partition coefficient (Wildman–Crippen LogP) is 0.873. The second-order valence-corrected chi connectivity index (χ2v) is 4.11. The van der Waals surface area contributed by atoms with Crippen LogP contribution in [0.5, 0.6) is 0 Å². The van der Waals surface area contributed by atoms with Gasteiger partial charge in [0.1, 0.15) is 6.10 Å². The van der Waals surface area contributed by atoms with Gasteiger partial charge >= 0.3 is 5.97 Å². The summed E-state index contributed by atoms with van der Waals surface area (Å²) in [7, 11) is 1.56. The summed E-state index contributed by atoms with van der Waals surface area (Å²) in [6.07, 6.45) is 3.70. The van der Waals surface area contributed by atoms with E-state index >= 15 is 0 Å². The van der Waals surface area contributed by atoms with Gasteiger partial charge in [0.05, 0.1) is 0 Å². The minimum atomic E-state index is -0.267. The third kappa shape index (κ3) is 11.7. The van der Waals surface area contributed by atoms with Crippen molar-refractivity contribution in [1.82, 2.24) is 0 Å². The molecule has 0 bridgehead atoms. The summed E-state index contributed by atoms with van der Waals surface area (Å²) in [5, 5.41) is 17.3. The van der Waals surface area contributed by atoms with Gasteiger partial charge in [-0.05, 0) is 25.7 Å². The summed E-state index contributed by atoms with van der Waals surface area (Å²) in [6.45, 7) is 0.342. The molecule has 0 aliphatic heterocycles. The van der Waals surface area contributed by atoms with Crippen molar-refractivity contribution >= 4 is 5.97 Å². The van der Waals surface area contributed by atoms with Gasteiger partial charge in [-0.2, -0.15) is 0 Å². The number of rotatable bonds is 10. The molecule has 0 aliphatic carbocycles. The van der Waals surface area contributed by atoms with Crippen molar-refractivity contribution in [3.05, 3.63) is 0 Å². The number of unbranched alkanes of at least 4 members (excludes halogenated alkanes) is 2. The predicted molar refractivity (Wildman–Crippen MR) is 71.4 cm³/mol. The highest BCUT2D eigenvalue weighted by Crippen LogP contribution is 2.01. The number of aliphatic hydroxyl groups excluding tert-OH is 2. The van der Waals surface area contributed by atoms with Crippen molar-refractivity contribution in [2.75, 3.05) is 26.9 Å². The van der Waals surface area contributed by atoms with Gasteiger partial charge in [0.25, 0.3) is 0 Å². The molecule has 5 nitrogen and oxygen atoms in total. The maximum Gasteiger partial charge on any atom is 0.306 e. The first kappa shape index (κ1) is 17.9. The fourth-order valence-corrected chi connectivity index (χ4v) is 1.43. The minimum absolute atomic E-state index is 0.0673. The van der Waals surface area contributed by atoms with Crippen LogP contribution in [0.3, 0.4) is 0 Å². The van der Waals surface area contributed by atoms with Crippen LogP contribution in [0.25, 0.3) is 0 Å². The lowest BCUT2D eigenvalue weighted by Crippen LogP contribution is -2.09. The molecule has 0 aliphatic rings. The summed E-state index contributed by atoms with van der Waals surface area (Å²) in [6, 6.07) is 0. The molecule has 0 aromatic rings. The molecule has 0 rings (SSSR count). The summed E-state index contributed by atoms with van der Waals surface area (Å²) in [4.78, 5) is 11.3. The van der Waals surface area contributed by atoms with E-state index in [4.69, 9.17) is 19.7 Å². The lowest BCUT2D eigenvalue weighted by molar-refractivity contribution is -0.142. The molecule has 0 heterocycles. The number of aliphatic hydroxyl groups is 2. The Labute approximate surface area is 114 Å². The van der Waals surface area contributed by atoms with E-state index in [1.165, 1.54) is 0 Å². The molecule has 1 unspecified atom stereocenters. The zero-order chi connectivity index (χ0) is 14.3. The number of carbonyl (C=O) groups is 1. The largest absolute Gasteiger partial charge is 0.452 e. The van der Waals surface area contributed by atoms with Crippen molar-refractivity contribution < 1.29 is 24.5 Å². The van der Waals surface area contributed by atoms with Gasteiger partial charge < -0.3 is 19.7 Å². The van der Waals surface area contributed by atoms with E-state index in [-0.39, 0.29) is 31.9 Å². The lowest BCUT2D eigenvalue weighted by Gasteiger charge is -2.06. The van der Waals surface area contributed by atoms with Crippen LogP contribution in [0.2, 0.25) is 0 Å². The fraction of sp³-hybridized carbons (Fsp3) is 0.786. The Hall–Kier alpha value is -1.09. The molecule has 5 heteroatoms. The van der Waals surface area contributed by atoms with E-state index in [2.05, 4.69) is 11.8 Å². The second-order valence-electron chi connectivity index (χ2n) is 4.11. The van der Waals surface area contributed by atoms with E-state index < -0.39 is 0 Å². The number of ether oxygens (including phenoxy) is 2. The van der Waals surface area contributed by atoms with Crippen LogP contribution in [-0.4, -0.2) is 49.2 Å². The summed E-state index contributed by atoms with van der Waals surface area (Å²) < 4.78 is 10.0. The zero-order valence-electron chi connectivity index (χ0n) is 11.6. The van der Waals surface area contributed by atoms with Crippen LogP contribution in [-0.2, 0) is 14.3 Å². The second kappa shape index (κ2) is 13.3. The molecule has 0 aromatic heterocycles. The Morgan fingerprint density at radius 3 is 2.53 bits per heavy atom. The van der Waals surface area contributed by atoms with Gasteiger partial charge in [0.2, 0.25) is 0 Å². The van der Waals surface area contributed by atoms with Crippen LogP contribution in [0.15, 0.2) is 0 Å². The molecule has 110 valence electrons. The number of carbonyl (C=O) groups excluding carboxylic acids is 1. The lowest BCUT2D eigenvalue weighted by atomic mass is 10.2. The van der Waals surface area contributed by atoms with Gasteiger partial charge in [-0.15, -0.1) is 0 Å². The molecule has 2 N–H and O–H groups in total. The Balaban J connectivity index is 3.67. The van der Waals surface area contributed by atoms with Crippen LogP contribution in [0.1, 0.15) is 38.5 Å². The van der Waals surface area contributed by atoms with Gasteiger partial charge in [-0.1, -0.05) is 18.3 Å². The first-order valence-corrected chi connectivity index (χ1v) is 6.63. The Kier molecular flexibility index (Phi) is 12.6. The number of esters is 1. The zero-order valence-corrected chi connectivity index (χ0v) is 11.6. The monoisotopic (exact) mass is 272 g/mol. The maximum atomic E-state index is 11.3. The highest BCUT2D eigenvalue weighted by Gasteiger charge is 2.02.